The fourth-order valence-corrected chi connectivity index (χ4v) is 2.87. The second-order valence-corrected chi connectivity index (χ2v) is 6.20. The molecule has 2 N–H and O–H groups in total. The Morgan fingerprint density at radius 3 is 2.85 bits per heavy atom. The zero-order valence-electron chi connectivity index (χ0n) is 14.6. The highest BCUT2D eigenvalue weighted by molar-refractivity contribution is 5.89. The van der Waals surface area contributed by atoms with Gasteiger partial charge in [-0.05, 0) is 30.5 Å². The van der Waals surface area contributed by atoms with Crippen molar-refractivity contribution in [3.8, 4) is 0 Å². The fourth-order valence-electron chi connectivity index (χ4n) is 2.87. The second kappa shape index (κ2) is 9.01. The highest BCUT2D eigenvalue weighted by Gasteiger charge is 2.22. The number of rotatable bonds is 6. The van der Waals surface area contributed by atoms with Gasteiger partial charge in [0.25, 0.3) is 5.56 Å². The summed E-state index contributed by atoms with van der Waals surface area (Å²) < 4.78 is 5.66. The van der Waals surface area contributed by atoms with E-state index in [1.54, 1.807) is 17.0 Å². The number of carbonyl (C=O) groups is 1. The first-order chi connectivity index (χ1) is 12.7. The van der Waals surface area contributed by atoms with Crippen LogP contribution in [0.3, 0.4) is 0 Å². The van der Waals surface area contributed by atoms with Crippen LogP contribution >= 0.6 is 0 Å². The summed E-state index contributed by atoms with van der Waals surface area (Å²) in [7, 11) is 0. The van der Waals surface area contributed by atoms with E-state index in [0.717, 1.165) is 25.0 Å². The van der Waals surface area contributed by atoms with Crippen molar-refractivity contribution in [2.75, 3.05) is 25.0 Å². The van der Waals surface area contributed by atoms with E-state index in [4.69, 9.17) is 4.74 Å². The summed E-state index contributed by atoms with van der Waals surface area (Å²) in [5, 5.41) is 2.69. The summed E-state index contributed by atoms with van der Waals surface area (Å²) in [6, 6.07) is 12.9. The lowest BCUT2D eigenvalue weighted by atomic mass is 10.2. The third-order valence-corrected chi connectivity index (χ3v) is 4.23. The minimum Gasteiger partial charge on any atom is -0.376 e. The molecule has 1 aromatic carbocycles. The molecule has 1 aromatic heterocycles. The predicted molar refractivity (Wildman–Crippen MR) is 102 cm³/mol. The van der Waals surface area contributed by atoms with Gasteiger partial charge in [0.05, 0.1) is 6.10 Å². The lowest BCUT2D eigenvalue weighted by Crippen LogP contribution is -2.41. The van der Waals surface area contributed by atoms with Crippen molar-refractivity contribution in [3.05, 3.63) is 70.7 Å². The van der Waals surface area contributed by atoms with Crippen LogP contribution in [0.4, 0.5) is 10.5 Å². The number of pyridine rings is 1. The summed E-state index contributed by atoms with van der Waals surface area (Å²) in [5.41, 5.74) is 0.990. The third kappa shape index (κ3) is 5.07. The molecule has 0 aliphatic carbocycles. The Labute approximate surface area is 152 Å². The number of aromatic amines is 1. The molecule has 1 fully saturated rings. The number of hydrogen-bond donors (Lipinski definition) is 2. The van der Waals surface area contributed by atoms with E-state index in [1.807, 2.05) is 42.5 Å². The van der Waals surface area contributed by atoms with Gasteiger partial charge < -0.3 is 19.9 Å². The number of ether oxygens (including phenoxy) is 1. The van der Waals surface area contributed by atoms with E-state index in [1.165, 1.54) is 6.20 Å². The smallest absolute Gasteiger partial charge is 0.322 e. The molecule has 0 unspecified atom stereocenters. The number of amides is 2. The van der Waals surface area contributed by atoms with Crippen LogP contribution in [0, 0.1) is 0 Å². The largest absolute Gasteiger partial charge is 0.376 e. The van der Waals surface area contributed by atoms with E-state index >= 15 is 0 Å². The summed E-state index contributed by atoms with van der Waals surface area (Å²) in [6.07, 6.45) is 7.45. The Hall–Kier alpha value is -2.86. The summed E-state index contributed by atoms with van der Waals surface area (Å²) in [6.45, 7) is 1.67. The van der Waals surface area contributed by atoms with Gasteiger partial charge in [0.2, 0.25) is 0 Å². The van der Waals surface area contributed by atoms with Gasteiger partial charge in [0, 0.05) is 25.9 Å². The van der Waals surface area contributed by atoms with Gasteiger partial charge in [-0.2, -0.15) is 0 Å². The maximum Gasteiger partial charge on any atom is 0.322 e. The molecule has 1 aliphatic heterocycles. The first-order valence-corrected chi connectivity index (χ1v) is 8.79. The first kappa shape index (κ1) is 17.9. The molecule has 0 saturated carbocycles. The van der Waals surface area contributed by atoms with Crippen molar-refractivity contribution in [2.24, 2.45) is 0 Å². The number of carbonyl (C=O) groups excluding carboxylic acids is 1. The van der Waals surface area contributed by atoms with Crippen LogP contribution in [0.1, 0.15) is 18.4 Å². The van der Waals surface area contributed by atoms with Crippen molar-refractivity contribution in [1.29, 1.82) is 0 Å². The van der Waals surface area contributed by atoms with E-state index in [-0.39, 0.29) is 23.4 Å². The Morgan fingerprint density at radius 1 is 1.27 bits per heavy atom. The monoisotopic (exact) mass is 353 g/mol. The molecule has 2 aromatic rings. The van der Waals surface area contributed by atoms with E-state index < -0.39 is 0 Å². The third-order valence-electron chi connectivity index (χ3n) is 4.23. The molecule has 2 heterocycles. The van der Waals surface area contributed by atoms with Gasteiger partial charge in [0.1, 0.15) is 5.69 Å². The van der Waals surface area contributed by atoms with Crippen molar-refractivity contribution >= 4 is 17.8 Å². The van der Waals surface area contributed by atoms with Gasteiger partial charge >= 0.3 is 6.03 Å². The van der Waals surface area contributed by atoms with Crippen LogP contribution in [-0.2, 0) is 4.74 Å². The quantitative estimate of drug-likeness (QED) is 0.838. The number of hydrogen-bond acceptors (Lipinski definition) is 3. The van der Waals surface area contributed by atoms with E-state index in [2.05, 4.69) is 10.3 Å². The molecular weight excluding hydrogens is 330 g/mol. The Balaban J connectivity index is 1.67. The average Bonchev–Trinajstić information content (AvgIpc) is 3.17. The van der Waals surface area contributed by atoms with Gasteiger partial charge in [-0.3, -0.25) is 4.79 Å². The summed E-state index contributed by atoms with van der Waals surface area (Å²) in [5.74, 6) is 0. The summed E-state index contributed by atoms with van der Waals surface area (Å²) in [4.78, 5) is 28.7. The van der Waals surface area contributed by atoms with E-state index in [0.29, 0.717) is 13.1 Å². The topological polar surface area (TPSA) is 74.4 Å². The fraction of sp³-hybridized carbons (Fsp3) is 0.300. The summed E-state index contributed by atoms with van der Waals surface area (Å²) >= 11 is 0. The molecule has 1 aliphatic rings. The SMILES string of the molecule is O=C(Nc1ccc[nH]c1=O)N(C/C=C/c1ccccc1)C[C@H]1CCCO1. The minimum atomic E-state index is -0.322. The Morgan fingerprint density at radius 2 is 2.12 bits per heavy atom. The first-order valence-electron chi connectivity index (χ1n) is 8.79. The number of nitrogens with one attached hydrogen (secondary N) is 2. The van der Waals surface area contributed by atoms with Crippen molar-refractivity contribution in [1.82, 2.24) is 9.88 Å². The molecule has 0 spiro atoms. The number of urea groups is 1. The lowest BCUT2D eigenvalue weighted by molar-refractivity contribution is 0.0863. The van der Waals surface area contributed by atoms with Crippen molar-refractivity contribution in [3.63, 3.8) is 0 Å². The van der Waals surface area contributed by atoms with Gasteiger partial charge in [-0.15, -0.1) is 0 Å². The van der Waals surface area contributed by atoms with Crippen LogP contribution in [0.25, 0.3) is 6.08 Å². The molecule has 1 saturated heterocycles. The zero-order valence-corrected chi connectivity index (χ0v) is 14.6. The Bertz CT molecular complexity index is 795. The van der Waals surface area contributed by atoms with E-state index in [9.17, 15) is 9.59 Å². The average molecular weight is 353 g/mol. The number of anilines is 1. The molecule has 6 heteroatoms. The van der Waals surface area contributed by atoms with Crippen LogP contribution < -0.4 is 10.9 Å². The van der Waals surface area contributed by atoms with Crippen LogP contribution in [0.2, 0.25) is 0 Å². The maximum atomic E-state index is 12.7. The lowest BCUT2D eigenvalue weighted by Gasteiger charge is -2.24. The number of H-pyrrole nitrogens is 1. The van der Waals surface area contributed by atoms with Crippen molar-refractivity contribution < 1.29 is 9.53 Å². The molecule has 26 heavy (non-hydrogen) atoms. The highest BCUT2D eigenvalue weighted by Crippen LogP contribution is 2.14. The molecule has 3 rings (SSSR count). The molecule has 0 radical (unpaired) electrons. The minimum absolute atomic E-state index is 0.0416. The predicted octanol–water partition coefficient (Wildman–Crippen LogP) is 3.10. The molecule has 6 nitrogen and oxygen atoms in total. The molecule has 2 amide bonds. The highest BCUT2D eigenvalue weighted by atomic mass is 16.5. The Kier molecular flexibility index (Phi) is 6.22. The normalized spacial score (nSPS) is 16.7. The van der Waals surface area contributed by atoms with Gasteiger partial charge in [-0.1, -0.05) is 42.5 Å². The van der Waals surface area contributed by atoms with Gasteiger partial charge in [0.15, 0.2) is 0 Å². The van der Waals surface area contributed by atoms with Crippen LogP contribution in [-0.4, -0.2) is 41.7 Å². The number of nitrogens with zero attached hydrogens (tertiary/aromatic N) is 1. The van der Waals surface area contributed by atoms with Crippen molar-refractivity contribution in [2.45, 2.75) is 18.9 Å². The molecule has 136 valence electrons. The standard InChI is InChI=1S/C20H23N3O3/c24-19-18(11-4-12-21-19)22-20(25)23(15-17-10-6-14-26-17)13-5-9-16-7-2-1-3-8-16/h1-5,7-9,11-12,17H,6,10,13-15H2,(H,21,24)(H,22,25)/b9-5+/t17-/m1/s1. The molecule has 0 bridgehead atoms. The van der Waals surface area contributed by atoms with Gasteiger partial charge in [-0.25, -0.2) is 4.79 Å². The molecule has 1 atom stereocenters. The van der Waals surface area contributed by atoms with Crippen LogP contribution in [0.15, 0.2) is 59.5 Å². The number of benzene rings is 1. The zero-order chi connectivity index (χ0) is 18.2. The second-order valence-electron chi connectivity index (χ2n) is 6.20. The number of aromatic nitrogens is 1. The van der Waals surface area contributed by atoms with Crippen LogP contribution in [0.5, 0.6) is 0 Å². The maximum absolute atomic E-state index is 12.7. The molecular formula is C20H23N3O3.